The monoisotopic (exact) mass is 786 g/mol. The molecule has 0 unspecified atom stereocenters. The summed E-state index contributed by atoms with van der Waals surface area (Å²) in [6.45, 7) is 0. The SMILES string of the molecule is c1ccc2c(c1)-c1c(cccc1-c1cccc3c1oc1ccccc13)-c1cc3c4ccccc4c4ccccc4c3cc1-c1cccc(-c3cccc4c3oc3ccccc34)c1-2. The van der Waals surface area contributed by atoms with Crippen LogP contribution in [-0.2, 0) is 0 Å². The van der Waals surface area contributed by atoms with E-state index in [-0.39, 0.29) is 0 Å². The molecule has 0 aliphatic heterocycles. The second kappa shape index (κ2) is 12.7. The molecule has 0 fully saturated rings. The Labute approximate surface area is 356 Å². The van der Waals surface area contributed by atoms with Gasteiger partial charge in [0.15, 0.2) is 0 Å². The van der Waals surface area contributed by atoms with Crippen molar-refractivity contribution in [2.75, 3.05) is 0 Å². The van der Waals surface area contributed by atoms with Crippen molar-refractivity contribution in [1.82, 2.24) is 0 Å². The molecule has 2 heteroatoms. The van der Waals surface area contributed by atoms with Gasteiger partial charge in [0, 0.05) is 32.7 Å². The second-order valence-corrected chi connectivity index (χ2v) is 16.6. The van der Waals surface area contributed by atoms with Crippen molar-refractivity contribution in [3.8, 4) is 66.8 Å². The van der Waals surface area contributed by atoms with E-state index in [9.17, 15) is 0 Å². The van der Waals surface area contributed by atoms with Crippen LogP contribution in [-0.4, -0.2) is 0 Å². The van der Waals surface area contributed by atoms with Crippen LogP contribution in [0.25, 0.3) is 143 Å². The number of rotatable bonds is 2. The van der Waals surface area contributed by atoms with Crippen LogP contribution in [0.3, 0.4) is 0 Å². The van der Waals surface area contributed by atoms with Gasteiger partial charge in [-0.15, -0.1) is 0 Å². The summed E-state index contributed by atoms with van der Waals surface area (Å²) >= 11 is 0. The zero-order valence-electron chi connectivity index (χ0n) is 33.4. The van der Waals surface area contributed by atoms with Gasteiger partial charge in [0.05, 0.1) is 0 Å². The zero-order chi connectivity index (χ0) is 40.5. The normalized spacial score (nSPS) is 12.2. The number of hydrogen-bond donors (Lipinski definition) is 0. The minimum absolute atomic E-state index is 0.892. The Hall–Kier alpha value is -8.20. The molecule has 2 aromatic heterocycles. The van der Waals surface area contributed by atoms with Crippen LogP contribution in [0.1, 0.15) is 0 Å². The molecule has 11 aromatic carbocycles. The second-order valence-electron chi connectivity index (χ2n) is 16.6. The van der Waals surface area contributed by atoms with Crippen LogP contribution in [0, 0.1) is 0 Å². The summed E-state index contributed by atoms with van der Waals surface area (Å²) in [6, 6.07) is 75.3. The Morgan fingerprint density at radius 1 is 0.194 bits per heavy atom. The van der Waals surface area contributed by atoms with E-state index >= 15 is 0 Å². The highest BCUT2D eigenvalue weighted by Crippen LogP contribution is 2.55. The summed E-state index contributed by atoms with van der Waals surface area (Å²) in [5, 5.41) is 12.0. The highest BCUT2D eigenvalue weighted by atomic mass is 16.3. The van der Waals surface area contributed by atoms with E-state index in [1.807, 2.05) is 12.1 Å². The third-order valence-corrected chi connectivity index (χ3v) is 13.4. The Kier molecular flexibility index (Phi) is 6.86. The Morgan fingerprint density at radius 2 is 0.484 bits per heavy atom. The smallest absolute Gasteiger partial charge is 0.143 e. The third kappa shape index (κ3) is 4.58. The molecule has 0 saturated heterocycles. The van der Waals surface area contributed by atoms with Crippen molar-refractivity contribution < 1.29 is 8.83 Å². The number of hydrogen-bond acceptors (Lipinski definition) is 2. The van der Waals surface area contributed by atoms with Crippen molar-refractivity contribution in [1.29, 1.82) is 0 Å². The Morgan fingerprint density at radius 3 is 0.919 bits per heavy atom. The molecule has 62 heavy (non-hydrogen) atoms. The Balaban J connectivity index is 1.17. The molecule has 1 aliphatic carbocycles. The van der Waals surface area contributed by atoms with E-state index in [2.05, 4.69) is 194 Å². The van der Waals surface area contributed by atoms with Gasteiger partial charge < -0.3 is 8.83 Å². The fraction of sp³-hybridized carbons (Fsp3) is 0. The zero-order valence-corrected chi connectivity index (χ0v) is 33.4. The molecule has 0 bridgehead atoms. The quantitative estimate of drug-likeness (QED) is 0.163. The van der Waals surface area contributed by atoms with Crippen LogP contribution in [0.4, 0.5) is 0 Å². The molecular formula is C60H34O2. The first-order valence-corrected chi connectivity index (χ1v) is 21.3. The predicted molar refractivity (Wildman–Crippen MR) is 260 cm³/mol. The van der Waals surface area contributed by atoms with Crippen molar-refractivity contribution in [2.24, 2.45) is 0 Å². The standard InChI is InChI=1S/C60H34O2/c1-3-17-37-35(15-1)36-16-2-4-18-38(36)52-34-54-46-26-12-24-44(50-30-14-28-48-40-20-8-10-32-56(40)62-60(48)50)58(46)42-22-6-5-21-41(42)57-43(23-11-25-45(57)53(54)33-51(37)52)49-29-13-27-47-39-19-7-9-31-55(39)61-59(47)49/h1-34H. The molecule has 14 rings (SSSR count). The summed E-state index contributed by atoms with van der Waals surface area (Å²) in [5.74, 6) is 0. The first-order valence-electron chi connectivity index (χ1n) is 21.3. The van der Waals surface area contributed by atoms with Gasteiger partial charge in [-0.05, 0) is 112 Å². The van der Waals surface area contributed by atoms with Crippen LogP contribution in [0.2, 0.25) is 0 Å². The lowest BCUT2D eigenvalue weighted by Gasteiger charge is -2.27. The highest BCUT2D eigenvalue weighted by Gasteiger charge is 2.29. The summed E-state index contributed by atoms with van der Waals surface area (Å²) in [6.07, 6.45) is 0. The van der Waals surface area contributed by atoms with Gasteiger partial charge in [-0.3, -0.25) is 0 Å². The molecule has 13 aromatic rings. The average Bonchev–Trinajstić information content (AvgIpc) is 3.92. The molecule has 286 valence electrons. The third-order valence-electron chi connectivity index (χ3n) is 13.4. The number of benzene rings is 11. The summed E-state index contributed by atoms with van der Waals surface area (Å²) in [7, 11) is 0. The molecule has 0 amide bonds. The van der Waals surface area contributed by atoms with Crippen LogP contribution in [0.5, 0.6) is 0 Å². The van der Waals surface area contributed by atoms with E-state index in [0.717, 1.165) is 66.1 Å². The minimum atomic E-state index is 0.892. The number of para-hydroxylation sites is 4. The van der Waals surface area contributed by atoms with Crippen LogP contribution < -0.4 is 0 Å². The maximum atomic E-state index is 6.78. The van der Waals surface area contributed by atoms with Crippen LogP contribution in [0.15, 0.2) is 215 Å². The van der Waals surface area contributed by atoms with Gasteiger partial charge in [-0.25, -0.2) is 0 Å². The van der Waals surface area contributed by atoms with E-state index in [4.69, 9.17) is 8.83 Å². The van der Waals surface area contributed by atoms with Gasteiger partial charge >= 0.3 is 0 Å². The first-order chi connectivity index (χ1) is 30.8. The lowest BCUT2D eigenvalue weighted by Crippen LogP contribution is -2.01. The maximum absolute atomic E-state index is 6.78. The van der Waals surface area contributed by atoms with Gasteiger partial charge in [-0.1, -0.05) is 182 Å². The van der Waals surface area contributed by atoms with E-state index in [1.165, 1.54) is 76.8 Å². The fourth-order valence-corrected chi connectivity index (χ4v) is 10.8. The van der Waals surface area contributed by atoms with Crippen molar-refractivity contribution in [3.05, 3.63) is 206 Å². The van der Waals surface area contributed by atoms with E-state index in [0.29, 0.717) is 0 Å². The maximum Gasteiger partial charge on any atom is 0.143 e. The minimum Gasteiger partial charge on any atom is -0.455 e. The predicted octanol–water partition coefficient (Wildman–Crippen LogP) is 17.3. The summed E-state index contributed by atoms with van der Waals surface area (Å²) < 4.78 is 13.6. The molecule has 1 aliphatic rings. The number of furan rings is 2. The molecule has 2 nitrogen and oxygen atoms in total. The molecular weight excluding hydrogens is 753 g/mol. The Bertz CT molecular complexity index is 3780. The molecule has 0 radical (unpaired) electrons. The molecule has 0 saturated carbocycles. The largest absolute Gasteiger partial charge is 0.455 e. The molecule has 0 atom stereocenters. The van der Waals surface area contributed by atoms with Gasteiger partial charge in [-0.2, -0.15) is 0 Å². The van der Waals surface area contributed by atoms with Crippen LogP contribution >= 0.6 is 0 Å². The fourth-order valence-electron chi connectivity index (χ4n) is 10.8. The lowest BCUT2D eigenvalue weighted by atomic mass is 9.75. The summed E-state index contributed by atoms with van der Waals surface area (Å²) in [5.41, 5.74) is 17.5. The average molecular weight is 787 g/mol. The lowest BCUT2D eigenvalue weighted by molar-refractivity contribution is 0.669. The van der Waals surface area contributed by atoms with Gasteiger partial charge in [0.25, 0.3) is 0 Å². The van der Waals surface area contributed by atoms with Crippen molar-refractivity contribution >= 4 is 76.2 Å². The molecule has 0 spiro atoms. The number of fused-ring (bicyclic) bond motifs is 20. The molecule has 2 heterocycles. The van der Waals surface area contributed by atoms with E-state index < -0.39 is 0 Å². The highest BCUT2D eigenvalue weighted by molar-refractivity contribution is 6.28. The molecule has 0 N–H and O–H groups in total. The van der Waals surface area contributed by atoms with E-state index in [1.54, 1.807) is 0 Å². The van der Waals surface area contributed by atoms with Crippen molar-refractivity contribution in [3.63, 3.8) is 0 Å². The van der Waals surface area contributed by atoms with Gasteiger partial charge in [0.2, 0.25) is 0 Å². The summed E-state index contributed by atoms with van der Waals surface area (Å²) in [4.78, 5) is 0. The van der Waals surface area contributed by atoms with Crippen molar-refractivity contribution in [2.45, 2.75) is 0 Å². The first kappa shape index (κ1) is 33.6. The van der Waals surface area contributed by atoms with Gasteiger partial charge in [0.1, 0.15) is 22.3 Å². The topological polar surface area (TPSA) is 26.3 Å².